The molecule has 0 radical (unpaired) electrons. The van der Waals surface area contributed by atoms with Crippen molar-refractivity contribution in [1.29, 1.82) is 0 Å². The fourth-order valence-corrected chi connectivity index (χ4v) is 5.04. The first kappa shape index (κ1) is 29.8. The van der Waals surface area contributed by atoms with Gasteiger partial charge in [0.05, 0.1) is 0 Å². The molecule has 7 nitrogen and oxygen atoms in total. The van der Waals surface area contributed by atoms with Gasteiger partial charge in [0.25, 0.3) is 5.91 Å². The third-order valence-corrected chi connectivity index (χ3v) is 7.24. The van der Waals surface area contributed by atoms with Crippen molar-refractivity contribution >= 4 is 23.6 Å². The van der Waals surface area contributed by atoms with Crippen LogP contribution in [0.2, 0.25) is 0 Å². The normalized spacial score (nSPS) is 17.6. The monoisotopic (exact) mass is 555 g/mol. The predicted octanol–water partition coefficient (Wildman–Crippen LogP) is 6.36. The summed E-state index contributed by atoms with van der Waals surface area (Å²) in [6, 6.07) is 22.9. The molecule has 0 aliphatic heterocycles. The summed E-state index contributed by atoms with van der Waals surface area (Å²) in [5.41, 5.74) is 3.49. The van der Waals surface area contributed by atoms with Crippen LogP contribution in [0.15, 0.2) is 78.9 Å². The molecule has 4 atom stereocenters. The summed E-state index contributed by atoms with van der Waals surface area (Å²) < 4.78 is 5.53. The molecule has 3 amide bonds. The third kappa shape index (κ3) is 7.97. The molecule has 4 unspecified atom stereocenters. The number of carbonyl (C=O) groups is 3. The number of ether oxygens (including phenoxy) is 1. The van der Waals surface area contributed by atoms with E-state index in [9.17, 15) is 14.4 Å². The van der Waals surface area contributed by atoms with E-state index < -0.39 is 23.8 Å². The predicted molar refractivity (Wildman–Crippen MR) is 161 cm³/mol. The number of para-hydroxylation sites is 1. The van der Waals surface area contributed by atoms with Crippen molar-refractivity contribution in [2.75, 3.05) is 5.32 Å². The van der Waals surface area contributed by atoms with Crippen molar-refractivity contribution in [1.82, 2.24) is 10.2 Å². The molecule has 1 saturated carbocycles. The van der Waals surface area contributed by atoms with Gasteiger partial charge in [-0.05, 0) is 69.7 Å². The molecule has 3 aromatic carbocycles. The van der Waals surface area contributed by atoms with Crippen molar-refractivity contribution < 1.29 is 19.1 Å². The van der Waals surface area contributed by atoms with Crippen molar-refractivity contribution in [3.8, 4) is 0 Å². The maximum absolute atomic E-state index is 14.6. The van der Waals surface area contributed by atoms with Crippen molar-refractivity contribution in [2.45, 2.75) is 78.1 Å². The van der Waals surface area contributed by atoms with Gasteiger partial charge in [0, 0.05) is 18.2 Å². The number of alkyl carbamates (subject to hydrolysis) is 1. The lowest BCUT2D eigenvalue weighted by Gasteiger charge is -2.35. The van der Waals surface area contributed by atoms with Crippen LogP contribution < -0.4 is 10.6 Å². The van der Waals surface area contributed by atoms with Gasteiger partial charge in [0.15, 0.2) is 0 Å². The van der Waals surface area contributed by atoms with Crippen LogP contribution in [0.4, 0.5) is 10.5 Å². The first-order valence-corrected chi connectivity index (χ1v) is 14.2. The summed E-state index contributed by atoms with van der Waals surface area (Å²) in [4.78, 5) is 43.4. The number of carbonyl (C=O) groups excluding carboxylic acids is 3. The number of aryl methyl sites for hydroxylation is 2. The van der Waals surface area contributed by atoms with Gasteiger partial charge in [-0.25, -0.2) is 4.79 Å². The van der Waals surface area contributed by atoms with Crippen molar-refractivity contribution in [3.05, 3.63) is 101 Å². The zero-order valence-electron chi connectivity index (χ0n) is 24.8. The van der Waals surface area contributed by atoms with Gasteiger partial charge in [0.1, 0.15) is 17.7 Å². The first-order valence-electron chi connectivity index (χ1n) is 14.2. The van der Waals surface area contributed by atoms with E-state index in [1.165, 1.54) is 0 Å². The van der Waals surface area contributed by atoms with E-state index in [0.29, 0.717) is 5.69 Å². The average molecular weight is 556 g/mol. The van der Waals surface area contributed by atoms with E-state index in [-0.39, 0.29) is 30.2 Å². The Morgan fingerprint density at radius 2 is 1.61 bits per heavy atom. The number of hydrogen-bond acceptors (Lipinski definition) is 4. The summed E-state index contributed by atoms with van der Waals surface area (Å²) >= 11 is 0. The summed E-state index contributed by atoms with van der Waals surface area (Å²) in [5, 5.41) is 5.91. The third-order valence-electron chi connectivity index (χ3n) is 7.24. The second-order valence-corrected chi connectivity index (χ2v) is 12.0. The Labute approximate surface area is 243 Å². The standard InChI is InChI=1S/C34H41N3O4/c1-22-13-12-17-26(19-22)30(31(38)35-27-18-11-10-14-23(27)2)37(29-20-24(29)3)32(39)28(21-25-15-8-7-9-16-25)36-33(40)41-34(4,5)6/h7-19,24,28-30H,20-21H2,1-6H3,(H,35,38)(H,36,40). The van der Waals surface area contributed by atoms with E-state index >= 15 is 0 Å². The zero-order valence-corrected chi connectivity index (χ0v) is 24.8. The highest BCUT2D eigenvalue weighted by molar-refractivity contribution is 5.99. The van der Waals surface area contributed by atoms with Crippen molar-refractivity contribution in [3.63, 3.8) is 0 Å². The van der Waals surface area contributed by atoms with E-state index in [1.54, 1.807) is 25.7 Å². The van der Waals surface area contributed by atoms with E-state index in [2.05, 4.69) is 17.6 Å². The van der Waals surface area contributed by atoms with Crippen LogP contribution in [0.25, 0.3) is 0 Å². The zero-order chi connectivity index (χ0) is 29.7. The first-order chi connectivity index (χ1) is 19.4. The fourth-order valence-electron chi connectivity index (χ4n) is 5.04. The number of amides is 3. The van der Waals surface area contributed by atoms with Gasteiger partial charge in [-0.1, -0.05) is 85.3 Å². The lowest BCUT2D eigenvalue weighted by molar-refractivity contribution is -0.141. The Balaban J connectivity index is 1.75. The SMILES string of the molecule is Cc1cccc(C(C(=O)Nc2ccccc2C)N(C(=O)C(Cc2ccccc2)NC(=O)OC(C)(C)C)C2CC2C)c1. The number of hydrogen-bond donors (Lipinski definition) is 2. The minimum Gasteiger partial charge on any atom is -0.444 e. The largest absolute Gasteiger partial charge is 0.444 e. The highest BCUT2D eigenvalue weighted by Crippen LogP contribution is 2.41. The topological polar surface area (TPSA) is 87.7 Å². The highest BCUT2D eigenvalue weighted by atomic mass is 16.6. The van der Waals surface area contributed by atoms with Crippen LogP contribution in [-0.4, -0.2) is 40.5 Å². The molecule has 7 heteroatoms. The summed E-state index contributed by atoms with van der Waals surface area (Å²) in [5.74, 6) is -0.398. The smallest absolute Gasteiger partial charge is 0.408 e. The molecule has 2 N–H and O–H groups in total. The lowest BCUT2D eigenvalue weighted by Crippen LogP contribution is -2.54. The van der Waals surface area contributed by atoms with E-state index in [0.717, 1.165) is 28.7 Å². The Morgan fingerprint density at radius 1 is 0.951 bits per heavy atom. The van der Waals surface area contributed by atoms with Gasteiger partial charge in [-0.15, -0.1) is 0 Å². The molecule has 4 rings (SSSR count). The van der Waals surface area contributed by atoms with Gasteiger partial charge < -0.3 is 20.3 Å². The molecular weight excluding hydrogens is 514 g/mol. The van der Waals surface area contributed by atoms with Gasteiger partial charge in [0.2, 0.25) is 5.91 Å². The van der Waals surface area contributed by atoms with E-state index in [4.69, 9.17) is 4.74 Å². The Morgan fingerprint density at radius 3 is 2.22 bits per heavy atom. The average Bonchev–Trinajstić information content (AvgIpc) is 3.62. The quantitative estimate of drug-likeness (QED) is 0.322. The van der Waals surface area contributed by atoms with Crippen LogP contribution in [-0.2, 0) is 20.7 Å². The number of nitrogens with zero attached hydrogens (tertiary/aromatic N) is 1. The molecule has 1 aliphatic carbocycles. The van der Waals surface area contributed by atoms with Crippen LogP contribution in [0.5, 0.6) is 0 Å². The molecule has 1 aliphatic rings. The molecule has 0 aromatic heterocycles. The summed E-state index contributed by atoms with van der Waals surface area (Å²) in [6.45, 7) is 11.3. The molecule has 0 saturated heterocycles. The fraction of sp³-hybridized carbons (Fsp3) is 0.382. The van der Waals surface area contributed by atoms with Gasteiger partial charge in [-0.2, -0.15) is 0 Å². The Bertz CT molecular complexity index is 1380. The molecular formula is C34H41N3O4. The summed E-state index contributed by atoms with van der Waals surface area (Å²) in [7, 11) is 0. The van der Waals surface area contributed by atoms with Crippen molar-refractivity contribution in [2.24, 2.45) is 5.92 Å². The Kier molecular flexibility index (Phi) is 9.16. The maximum Gasteiger partial charge on any atom is 0.408 e. The van der Waals surface area contributed by atoms with Crippen LogP contribution >= 0.6 is 0 Å². The second-order valence-electron chi connectivity index (χ2n) is 12.0. The molecule has 216 valence electrons. The minimum atomic E-state index is -0.932. The lowest BCUT2D eigenvalue weighted by atomic mass is 9.98. The molecule has 0 bridgehead atoms. The number of nitrogens with one attached hydrogen (secondary N) is 2. The molecule has 0 heterocycles. The van der Waals surface area contributed by atoms with Gasteiger partial charge in [-0.3, -0.25) is 9.59 Å². The van der Waals surface area contributed by atoms with Crippen LogP contribution in [0.1, 0.15) is 62.4 Å². The molecule has 0 spiro atoms. The molecule has 41 heavy (non-hydrogen) atoms. The van der Waals surface area contributed by atoms with Gasteiger partial charge >= 0.3 is 6.09 Å². The van der Waals surface area contributed by atoms with E-state index in [1.807, 2.05) is 92.7 Å². The second kappa shape index (κ2) is 12.6. The summed E-state index contributed by atoms with van der Waals surface area (Å²) in [6.07, 6.45) is 0.360. The minimum absolute atomic E-state index is 0.144. The Hall–Kier alpha value is -4.13. The number of anilines is 1. The van der Waals surface area contributed by atoms with Crippen LogP contribution in [0.3, 0.4) is 0 Å². The molecule has 1 fully saturated rings. The molecule has 3 aromatic rings. The highest BCUT2D eigenvalue weighted by Gasteiger charge is 2.48. The number of rotatable bonds is 9. The van der Waals surface area contributed by atoms with Crippen LogP contribution in [0, 0.1) is 19.8 Å². The maximum atomic E-state index is 14.6. The number of benzene rings is 3.